The second-order valence-electron chi connectivity index (χ2n) is 3.42. The van der Waals surface area contributed by atoms with Gasteiger partial charge >= 0.3 is 5.97 Å². The molecule has 1 heterocycles. The van der Waals surface area contributed by atoms with E-state index in [1.807, 2.05) is 0 Å². The Hall–Kier alpha value is -1.53. The summed E-state index contributed by atoms with van der Waals surface area (Å²) in [6.45, 7) is -0.00255. The second-order valence-corrected chi connectivity index (χ2v) is 3.42. The van der Waals surface area contributed by atoms with Gasteiger partial charge in [-0.2, -0.15) is 5.10 Å². The zero-order valence-corrected chi connectivity index (χ0v) is 7.98. The van der Waals surface area contributed by atoms with E-state index in [1.54, 1.807) is 0 Å². The third-order valence-electron chi connectivity index (χ3n) is 2.33. The highest BCUT2D eigenvalue weighted by Gasteiger charge is 2.57. The number of nitrogens with zero attached hydrogens (tertiary/aromatic N) is 3. The Morgan fingerprint density at radius 3 is 3.00 bits per heavy atom. The highest BCUT2D eigenvalue weighted by Crippen LogP contribution is 2.49. The van der Waals surface area contributed by atoms with Crippen LogP contribution in [0.5, 0.6) is 0 Å². The summed E-state index contributed by atoms with van der Waals surface area (Å²) in [5, 5.41) is 3.70. The number of hydrogen-bond donors (Lipinski definition) is 0. The van der Waals surface area contributed by atoms with E-state index in [0.717, 1.165) is 11.0 Å². The maximum Gasteiger partial charge on any atom is 0.375 e. The molecule has 1 saturated carbocycles. The minimum Gasteiger partial charge on any atom is -0.463 e. The van der Waals surface area contributed by atoms with Crippen molar-refractivity contribution in [2.75, 3.05) is 7.11 Å². The Morgan fingerprint density at radius 2 is 2.47 bits per heavy atom. The zero-order valence-electron chi connectivity index (χ0n) is 7.98. The van der Waals surface area contributed by atoms with E-state index in [2.05, 4.69) is 14.8 Å². The molecule has 5 nitrogen and oxygen atoms in total. The van der Waals surface area contributed by atoms with Crippen LogP contribution in [0.2, 0.25) is 0 Å². The summed E-state index contributed by atoms with van der Waals surface area (Å²) < 4.78 is 30.8. The number of esters is 1. The topological polar surface area (TPSA) is 57.0 Å². The predicted octanol–water partition coefficient (Wildman–Crippen LogP) is 0.720. The SMILES string of the molecule is COC(=O)c1ncnn1CC1CC1(F)F. The molecule has 0 aliphatic heterocycles. The molecule has 1 aliphatic rings. The van der Waals surface area contributed by atoms with Gasteiger partial charge in [-0.3, -0.25) is 0 Å². The van der Waals surface area contributed by atoms with Crippen LogP contribution in [0, 0.1) is 5.92 Å². The summed E-state index contributed by atoms with van der Waals surface area (Å²) in [5.41, 5.74) is 0. The van der Waals surface area contributed by atoms with Gasteiger partial charge in [0.1, 0.15) is 6.33 Å². The van der Waals surface area contributed by atoms with E-state index in [-0.39, 0.29) is 18.8 Å². The lowest BCUT2D eigenvalue weighted by atomic mass is 10.4. The first-order valence-corrected chi connectivity index (χ1v) is 4.38. The minimum atomic E-state index is -2.63. The summed E-state index contributed by atoms with van der Waals surface area (Å²) in [6.07, 6.45) is 0.986. The van der Waals surface area contributed by atoms with E-state index in [0.29, 0.717) is 0 Å². The summed E-state index contributed by atoms with van der Waals surface area (Å²) in [4.78, 5) is 14.8. The molecule has 0 amide bonds. The van der Waals surface area contributed by atoms with Crippen molar-refractivity contribution in [3.8, 4) is 0 Å². The number of ether oxygens (including phenoxy) is 1. The highest BCUT2D eigenvalue weighted by atomic mass is 19.3. The fourth-order valence-electron chi connectivity index (χ4n) is 1.32. The van der Waals surface area contributed by atoms with Crippen LogP contribution in [0.4, 0.5) is 8.78 Å². The molecule has 1 fully saturated rings. The van der Waals surface area contributed by atoms with Crippen LogP contribution in [0.3, 0.4) is 0 Å². The highest BCUT2D eigenvalue weighted by molar-refractivity contribution is 5.85. The number of aromatic nitrogens is 3. The zero-order chi connectivity index (χ0) is 11.1. The van der Waals surface area contributed by atoms with Gasteiger partial charge in [-0.25, -0.2) is 23.2 Å². The number of methoxy groups -OCH3 is 1. The molecule has 0 bridgehead atoms. The third-order valence-corrected chi connectivity index (χ3v) is 2.33. The molecule has 82 valence electrons. The minimum absolute atomic E-state index is 0.00255. The molecule has 0 spiro atoms. The van der Waals surface area contributed by atoms with Crippen molar-refractivity contribution in [3.05, 3.63) is 12.2 Å². The monoisotopic (exact) mass is 217 g/mol. The molecule has 1 unspecified atom stereocenters. The Kier molecular flexibility index (Phi) is 2.17. The molecule has 1 aromatic rings. The number of hydrogen-bond acceptors (Lipinski definition) is 4. The van der Waals surface area contributed by atoms with E-state index < -0.39 is 17.8 Å². The van der Waals surface area contributed by atoms with Crippen LogP contribution in [0.25, 0.3) is 0 Å². The van der Waals surface area contributed by atoms with Gasteiger partial charge in [0.05, 0.1) is 13.7 Å². The fourth-order valence-corrected chi connectivity index (χ4v) is 1.32. The van der Waals surface area contributed by atoms with Crippen molar-refractivity contribution in [3.63, 3.8) is 0 Å². The first kappa shape index (κ1) is 10.0. The van der Waals surface area contributed by atoms with Gasteiger partial charge in [-0.15, -0.1) is 0 Å². The Labute approximate surface area is 84.0 Å². The number of carbonyl (C=O) groups excluding carboxylic acids is 1. The lowest BCUT2D eigenvalue weighted by molar-refractivity contribution is 0.0572. The van der Waals surface area contributed by atoms with Gasteiger partial charge in [0.15, 0.2) is 0 Å². The second kappa shape index (κ2) is 3.25. The van der Waals surface area contributed by atoms with Gasteiger partial charge in [0, 0.05) is 12.3 Å². The van der Waals surface area contributed by atoms with Crippen molar-refractivity contribution in [2.24, 2.45) is 5.92 Å². The molecule has 0 N–H and O–H groups in total. The van der Waals surface area contributed by atoms with Gasteiger partial charge in [-0.1, -0.05) is 0 Å². The number of rotatable bonds is 3. The van der Waals surface area contributed by atoms with Crippen LogP contribution in [-0.2, 0) is 11.3 Å². The maximum absolute atomic E-state index is 12.6. The van der Waals surface area contributed by atoms with Gasteiger partial charge in [0.2, 0.25) is 5.82 Å². The summed E-state index contributed by atoms with van der Waals surface area (Å²) >= 11 is 0. The first-order valence-electron chi connectivity index (χ1n) is 4.38. The number of halogens is 2. The van der Waals surface area contributed by atoms with Crippen molar-refractivity contribution in [1.82, 2.24) is 14.8 Å². The average Bonchev–Trinajstić information content (AvgIpc) is 2.65. The average molecular weight is 217 g/mol. The number of carbonyl (C=O) groups is 1. The molecule has 0 aromatic carbocycles. The lowest BCUT2D eigenvalue weighted by Gasteiger charge is -2.03. The van der Waals surface area contributed by atoms with Crippen LogP contribution in [0.15, 0.2) is 6.33 Å². The molecule has 1 atom stereocenters. The van der Waals surface area contributed by atoms with E-state index in [1.165, 1.54) is 7.11 Å². The van der Waals surface area contributed by atoms with Crippen LogP contribution < -0.4 is 0 Å². The van der Waals surface area contributed by atoms with Crippen LogP contribution in [-0.4, -0.2) is 33.8 Å². The third kappa shape index (κ3) is 1.81. The molecule has 2 rings (SSSR count). The lowest BCUT2D eigenvalue weighted by Crippen LogP contribution is -2.15. The smallest absolute Gasteiger partial charge is 0.375 e. The Bertz CT molecular complexity index is 391. The fraction of sp³-hybridized carbons (Fsp3) is 0.625. The molecule has 1 aromatic heterocycles. The predicted molar refractivity (Wildman–Crippen MR) is 44.4 cm³/mol. The van der Waals surface area contributed by atoms with E-state index in [4.69, 9.17) is 0 Å². The molecular weight excluding hydrogens is 208 g/mol. The molecular formula is C8H9F2N3O2. The van der Waals surface area contributed by atoms with Gasteiger partial charge in [0.25, 0.3) is 5.92 Å². The standard InChI is InChI=1S/C8H9F2N3O2/c1-15-7(14)6-11-4-12-13(6)3-5-2-8(5,9)10/h4-5H,2-3H2,1H3. The summed E-state index contributed by atoms with van der Waals surface area (Å²) in [7, 11) is 1.20. The normalized spacial score (nSPS) is 22.5. The summed E-state index contributed by atoms with van der Waals surface area (Å²) in [6, 6.07) is 0. The van der Waals surface area contributed by atoms with Crippen molar-refractivity contribution in [2.45, 2.75) is 18.9 Å². The quantitative estimate of drug-likeness (QED) is 0.700. The van der Waals surface area contributed by atoms with Crippen LogP contribution in [0.1, 0.15) is 17.0 Å². The molecule has 15 heavy (non-hydrogen) atoms. The molecule has 0 radical (unpaired) electrons. The Morgan fingerprint density at radius 1 is 1.80 bits per heavy atom. The molecule has 0 saturated heterocycles. The summed E-state index contributed by atoms with van der Waals surface area (Å²) in [5.74, 6) is -4.08. The maximum atomic E-state index is 12.6. The molecule has 7 heteroatoms. The first-order chi connectivity index (χ1) is 7.04. The van der Waals surface area contributed by atoms with Crippen molar-refractivity contribution >= 4 is 5.97 Å². The largest absolute Gasteiger partial charge is 0.463 e. The van der Waals surface area contributed by atoms with Crippen molar-refractivity contribution < 1.29 is 18.3 Å². The Balaban J connectivity index is 2.09. The van der Waals surface area contributed by atoms with Crippen LogP contribution >= 0.6 is 0 Å². The van der Waals surface area contributed by atoms with Gasteiger partial charge in [-0.05, 0) is 0 Å². The molecule has 1 aliphatic carbocycles. The number of alkyl halides is 2. The van der Waals surface area contributed by atoms with E-state index in [9.17, 15) is 13.6 Å². The van der Waals surface area contributed by atoms with E-state index >= 15 is 0 Å². The van der Waals surface area contributed by atoms with Crippen molar-refractivity contribution in [1.29, 1.82) is 0 Å². The van der Waals surface area contributed by atoms with Gasteiger partial charge < -0.3 is 4.74 Å².